The van der Waals surface area contributed by atoms with Crippen molar-refractivity contribution in [1.82, 2.24) is 5.32 Å². The molecule has 0 aromatic heterocycles. The molecule has 0 aliphatic carbocycles. The molecule has 0 saturated heterocycles. The molecule has 0 heterocycles. The number of unbranched alkanes of at least 4 members (excludes halogenated alkanes) is 1. The average Bonchev–Trinajstić information content (AvgIpc) is 2.37. The largest absolute Gasteiger partial charge is 0.370 e. The molecular weight excluding hydrogens is 262 g/mol. The highest BCUT2D eigenvalue weighted by Crippen LogP contribution is 2.00. The minimum atomic E-state index is -0.688. The van der Waals surface area contributed by atoms with Gasteiger partial charge in [0, 0.05) is 6.54 Å². The van der Waals surface area contributed by atoms with Gasteiger partial charge in [0.1, 0.15) is 5.84 Å². The lowest BCUT2D eigenvalue weighted by Crippen LogP contribution is -2.24. The lowest BCUT2D eigenvalue weighted by Gasteiger charge is -2.04. The van der Waals surface area contributed by atoms with Crippen molar-refractivity contribution in [3.05, 3.63) is 42.0 Å². The Morgan fingerprint density at radius 2 is 2.05 bits per heavy atom. The predicted molar refractivity (Wildman–Crippen MR) is 82.7 cm³/mol. The van der Waals surface area contributed by atoms with Crippen molar-refractivity contribution < 1.29 is 4.79 Å². The normalized spacial score (nSPS) is 11.1. The molecule has 1 aromatic rings. The van der Waals surface area contributed by atoms with Crippen LogP contribution in [-0.2, 0) is 0 Å². The summed E-state index contributed by atoms with van der Waals surface area (Å²) in [7, 11) is 0. The van der Waals surface area contributed by atoms with Crippen molar-refractivity contribution in [1.29, 1.82) is 0 Å². The molecule has 104 valence electrons. The Morgan fingerprint density at radius 1 is 1.37 bits per heavy atom. The highest BCUT2D eigenvalue weighted by Gasteiger charge is 1.96. The van der Waals surface area contributed by atoms with Crippen molar-refractivity contribution in [3.63, 3.8) is 0 Å². The Labute approximate surface area is 120 Å². The first-order valence-corrected chi connectivity index (χ1v) is 6.07. The summed E-state index contributed by atoms with van der Waals surface area (Å²) in [5.41, 5.74) is 6.11. The third kappa shape index (κ3) is 8.00. The number of halogens is 1. The Bertz CT molecular complexity index is 430. The van der Waals surface area contributed by atoms with Crippen LogP contribution in [-0.4, -0.2) is 18.4 Å². The zero-order valence-corrected chi connectivity index (χ0v) is 11.8. The number of amides is 2. The Morgan fingerprint density at radius 3 is 2.63 bits per heavy atom. The number of nitrogens with two attached hydrogens (primary N) is 1. The lowest BCUT2D eigenvalue weighted by molar-refractivity contribution is 0.256. The molecule has 1 aromatic carbocycles. The van der Waals surface area contributed by atoms with Gasteiger partial charge >= 0.3 is 6.03 Å². The molecule has 0 radical (unpaired) electrons. The number of carbonyl (C=O) groups is 1. The van der Waals surface area contributed by atoms with E-state index in [2.05, 4.69) is 17.2 Å². The quantitative estimate of drug-likeness (QED) is 0.495. The molecule has 1 rings (SSSR count). The molecule has 0 aliphatic rings. The number of urea groups is 1. The smallest absolute Gasteiger partial charge is 0.340 e. The van der Waals surface area contributed by atoms with E-state index in [-0.39, 0.29) is 12.4 Å². The summed E-state index contributed by atoms with van der Waals surface area (Å²) >= 11 is 0. The summed E-state index contributed by atoms with van der Waals surface area (Å²) in [6.07, 6.45) is 5.76. The summed E-state index contributed by atoms with van der Waals surface area (Å²) in [6.45, 7) is 2.88. The first-order valence-electron chi connectivity index (χ1n) is 6.07. The van der Waals surface area contributed by atoms with Gasteiger partial charge in [0.15, 0.2) is 0 Å². The molecule has 0 bridgehead atoms. The highest BCUT2D eigenvalue weighted by molar-refractivity contribution is 6.02. The van der Waals surface area contributed by atoms with Crippen LogP contribution in [0.5, 0.6) is 0 Å². The summed E-state index contributed by atoms with van der Waals surface area (Å²) < 4.78 is 0. The first-order chi connectivity index (χ1) is 8.72. The minimum Gasteiger partial charge on any atom is -0.370 e. The molecule has 0 aliphatic heterocycles. The Balaban J connectivity index is 0.00000324. The van der Waals surface area contributed by atoms with Gasteiger partial charge in [-0.3, -0.25) is 0 Å². The predicted octanol–water partition coefficient (Wildman–Crippen LogP) is 2.99. The number of amidine groups is 1. The van der Waals surface area contributed by atoms with Gasteiger partial charge in [-0.05, 0) is 18.1 Å². The van der Waals surface area contributed by atoms with E-state index < -0.39 is 6.03 Å². The van der Waals surface area contributed by atoms with Crippen molar-refractivity contribution >= 4 is 30.3 Å². The third-order valence-electron chi connectivity index (χ3n) is 2.30. The van der Waals surface area contributed by atoms with E-state index in [1.165, 1.54) is 0 Å². The van der Waals surface area contributed by atoms with E-state index in [1.54, 1.807) is 6.08 Å². The zero-order valence-electron chi connectivity index (χ0n) is 11.0. The fraction of sp³-hybridized carbons (Fsp3) is 0.286. The van der Waals surface area contributed by atoms with Gasteiger partial charge in [-0.2, -0.15) is 4.99 Å². The van der Waals surface area contributed by atoms with E-state index >= 15 is 0 Å². The third-order valence-corrected chi connectivity index (χ3v) is 2.30. The van der Waals surface area contributed by atoms with Crippen molar-refractivity contribution in [2.75, 3.05) is 6.54 Å². The number of nitrogens with zero attached hydrogens (tertiary/aromatic N) is 1. The van der Waals surface area contributed by atoms with Crippen LogP contribution in [0.2, 0.25) is 0 Å². The van der Waals surface area contributed by atoms with Crippen LogP contribution in [0.3, 0.4) is 0 Å². The molecule has 3 N–H and O–H groups in total. The number of aliphatic imine (C=N–C) groups is 1. The van der Waals surface area contributed by atoms with Gasteiger partial charge in [0.2, 0.25) is 0 Å². The zero-order chi connectivity index (χ0) is 13.2. The van der Waals surface area contributed by atoms with Gasteiger partial charge in [-0.25, -0.2) is 4.79 Å². The summed E-state index contributed by atoms with van der Waals surface area (Å²) in [5, 5.41) is 3.08. The van der Waals surface area contributed by atoms with E-state index in [0.29, 0.717) is 5.84 Å². The Kier molecular flexibility index (Phi) is 9.18. The SMILES string of the molecule is CCCCNC(C=Cc1ccccc1)=NC(N)=O.Cl. The molecular formula is C14H20ClN3O. The van der Waals surface area contributed by atoms with Crippen molar-refractivity contribution in [2.24, 2.45) is 10.7 Å². The van der Waals surface area contributed by atoms with Crippen LogP contribution in [0.1, 0.15) is 25.3 Å². The van der Waals surface area contributed by atoms with Gasteiger partial charge in [0.25, 0.3) is 0 Å². The topological polar surface area (TPSA) is 67.5 Å². The van der Waals surface area contributed by atoms with Crippen molar-refractivity contribution in [3.8, 4) is 0 Å². The molecule has 2 amide bonds. The van der Waals surface area contributed by atoms with Crippen LogP contribution >= 0.6 is 12.4 Å². The fourth-order valence-corrected chi connectivity index (χ4v) is 1.39. The standard InChI is InChI=1S/C14H19N3O.ClH/c1-2-3-11-16-13(17-14(15)18)10-9-12-7-5-4-6-8-12;/h4-10H,2-3,11H2,1H3,(H3,15,16,17,18);1H. The maximum atomic E-state index is 10.8. The van der Waals surface area contributed by atoms with E-state index in [1.807, 2.05) is 36.4 Å². The number of benzene rings is 1. The average molecular weight is 282 g/mol. The number of nitrogens with one attached hydrogen (secondary N) is 1. The summed E-state index contributed by atoms with van der Waals surface area (Å²) in [4.78, 5) is 14.5. The number of carbonyl (C=O) groups excluding carboxylic acids is 1. The molecule has 19 heavy (non-hydrogen) atoms. The molecule has 0 fully saturated rings. The summed E-state index contributed by atoms with van der Waals surface area (Å²) in [5.74, 6) is 0.500. The van der Waals surface area contributed by atoms with Gasteiger partial charge in [-0.1, -0.05) is 49.8 Å². The van der Waals surface area contributed by atoms with Gasteiger partial charge in [0.05, 0.1) is 0 Å². The molecule has 5 heteroatoms. The van der Waals surface area contributed by atoms with Crippen LogP contribution in [0.25, 0.3) is 6.08 Å². The fourth-order valence-electron chi connectivity index (χ4n) is 1.39. The molecule has 0 atom stereocenters. The van der Waals surface area contributed by atoms with Crippen molar-refractivity contribution in [2.45, 2.75) is 19.8 Å². The molecule has 0 saturated carbocycles. The Hall–Kier alpha value is -1.81. The van der Waals surface area contributed by atoms with E-state index in [0.717, 1.165) is 24.9 Å². The van der Waals surface area contributed by atoms with Gasteiger partial charge in [-0.15, -0.1) is 12.4 Å². The number of primary amides is 1. The van der Waals surface area contributed by atoms with Crippen LogP contribution in [0.4, 0.5) is 4.79 Å². The highest BCUT2D eigenvalue weighted by atomic mass is 35.5. The second-order valence-corrected chi connectivity index (χ2v) is 3.86. The van der Waals surface area contributed by atoms with Crippen LogP contribution in [0, 0.1) is 0 Å². The molecule has 0 spiro atoms. The monoisotopic (exact) mass is 281 g/mol. The summed E-state index contributed by atoms with van der Waals surface area (Å²) in [6, 6.07) is 9.13. The van der Waals surface area contributed by atoms with E-state index in [9.17, 15) is 4.79 Å². The first kappa shape index (κ1) is 17.2. The number of hydrogen-bond acceptors (Lipinski definition) is 1. The van der Waals surface area contributed by atoms with E-state index in [4.69, 9.17) is 5.73 Å². The second-order valence-electron chi connectivity index (χ2n) is 3.86. The minimum absolute atomic E-state index is 0. The molecule has 4 nitrogen and oxygen atoms in total. The number of rotatable bonds is 5. The number of hydrogen-bond donors (Lipinski definition) is 2. The van der Waals surface area contributed by atoms with Crippen LogP contribution < -0.4 is 11.1 Å². The van der Waals surface area contributed by atoms with Crippen LogP contribution in [0.15, 0.2) is 41.4 Å². The van der Waals surface area contributed by atoms with Gasteiger partial charge < -0.3 is 11.1 Å². The lowest BCUT2D eigenvalue weighted by atomic mass is 10.2. The second kappa shape index (κ2) is 10.1. The maximum Gasteiger partial charge on any atom is 0.340 e. The maximum absolute atomic E-state index is 10.8. The molecule has 0 unspecified atom stereocenters.